The predicted octanol–water partition coefficient (Wildman–Crippen LogP) is 1.81. The first kappa shape index (κ1) is 16.4. The molecule has 2 aromatic rings. The number of pyridine rings is 1. The molecule has 0 spiro atoms. The molecule has 1 fully saturated rings. The number of carbonyl (C=O) groups is 1. The molecule has 0 aliphatic carbocycles. The zero-order valence-corrected chi connectivity index (χ0v) is 13.8. The zero-order chi connectivity index (χ0) is 16.9. The van der Waals surface area contributed by atoms with Gasteiger partial charge in [0, 0.05) is 39.0 Å². The molecule has 0 amide bonds. The smallest absolute Gasteiger partial charge is 0.339 e. The first-order valence-corrected chi connectivity index (χ1v) is 8.16. The number of anilines is 1. The van der Waals surface area contributed by atoms with Gasteiger partial charge in [0.1, 0.15) is 11.4 Å². The minimum Gasteiger partial charge on any atom is -0.478 e. The summed E-state index contributed by atoms with van der Waals surface area (Å²) in [7, 11) is 1.59. The van der Waals surface area contributed by atoms with Crippen LogP contribution in [0, 0.1) is 0 Å². The minimum absolute atomic E-state index is 0.230. The Labute approximate surface area is 140 Å². The average Bonchev–Trinajstić information content (AvgIpc) is 3.23. The third-order valence-electron chi connectivity index (χ3n) is 4.20. The van der Waals surface area contributed by atoms with Gasteiger partial charge < -0.3 is 14.7 Å². The molecule has 7 nitrogen and oxygen atoms in total. The third kappa shape index (κ3) is 3.73. The first-order valence-electron chi connectivity index (χ1n) is 8.16. The van der Waals surface area contributed by atoms with E-state index in [2.05, 4.69) is 15.0 Å². The molecule has 0 aromatic carbocycles. The van der Waals surface area contributed by atoms with Gasteiger partial charge in [-0.3, -0.25) is 4.68 Å². The Bertz CT molecular complexity index is 690. The van der Waals surface area contributed by atoms with Crippen LogP contribution in [-0.2, 0) is 17.7 Å². The van der Waals surface area contributed by atoms with Gasteiger partial charge in [-0.2, -0.15) is 5.10 Å². The van der Waals surface area contributed by atoms with E-state index in [4.69, 9.17) is 4.74 Å². The molecule has 1 N–H and O–H groups in total. The highest BCUT2D eigenvalue weighted by molar-refractivity contribution is 5.88. The van der Waals surface area contributed by atoms with Crippen LogP contribution in [0.5, 0.6) is 0 Å². The molecule has 1 saturated heterocycles. The molecule has 0 unspecified atom stereocenters. The summed E-state index contributed by atoms with van der Waals surface area (Å²) in [4.78, 5) is 18.1. The Morgan fingerprint density at radius 1 is 1.33 bits per heavy atom. The standard InChI is InChI=1S/C17H22N4O3/c1-24-9-6-15-14(17(22)23)12-21(19-15)11-13-4-5-16(18-10-13)20-7-2-3-8-20/h4-5,10,12H,2-3,6-9,11H2,1H3,(H,22,23). The van der Waals surface area contributed by atoms with E-state index in [0.717, 1.165) is 24.5 Å². The van der Waals surface area contributed by atoms with Gasteiger partial charge in [-0.15, -0.1) is 0 Å². The van der Waals surface area contributed by atoms with Crippen LogP contribution in [0.15, 0.2) is 24.5 Å². The topological polar surface area (TPSA) is 80.5 Å². The number of nitrogens with zero attached hydrogens (tertiary/aromatic N) is 4. The van der Waals surface area contributed by atoms with E-state index < -0.39 is 5.97 Å². The number of aromatic carboxylic acids is 1. The summed E-state index contributed by atoms with van der Waals surface area (Å²) >= 11 is 0. The van der Waals surface area contributed by atoms with Crippen molar-refractivity contribution in [2.24, 2.45) is 0 Å². The van der Waals surface area contributed by atoms with Crippen molar-refractivity contribution in [3.8, 4) is 0 Å². The van der Waals surface area contributed by atoms with Gasteiger partial charge in [0.2, 0.25) is 0 Å². The van der Waals surface area contributed by atoms with E-state index in [1.165, 1.54) is 12.8 Å². The maximum atomic E-state index is 11.3. The van der Waals surface area contributed by atoms with Crippen molar-refractivity contribution in [1.29, 1.82) is 0 Å². The maximum Gasteiger partial charge on any atom is 0.339 e. The average molecular weight is 330 g/mol. The second kappa shape index (κ2) is 7.44. The van der Waals surface area contributed by atoms with Crippen molar-refractivity contribution in [2.75, 3.05) is 31.7 Å². The molecule has 3 heterocycles. The highest BCUT2D eigenvalue weighted by Crippen LogP contribution is 2.18. The fourth-order valence-corrected chi connectivity index (χ4v) is 2.93. The molecule has 1 aliphatic heterocycles. The van der Waals surface area contributed by atoms with Gasteiger partial charge in [0.15, 0.2) is 0 Å². The van der Waals surface area contributed by atoms with Crippen molar-refractivity contribution in [3.63, 3.8) is 0 Å². The molecule has 2 aromatic heterocycles. The number of hydrogen-bond acceptors (Lipinski definition) is 5. The first-order chi connectivity index (χ1) is 11.7. The monoisotopic (exact) mass is 330 g/mol. The number of methoxy groups -OCH3 is 1. The quantitative estimate of drug-likeness (QED) is 0.834. The zero-order valence-electron chi connectivity index (χ0n) is 13.8. The summed E-state index contributed by atoms with van der Waals surface area (Å²) in [6.45, 7) is 3.08. The van der Waals surface area contributed by atoms with Crippen LogP contribution in [0.4, 0.5) is 5.82 Å². The summed E-state index contributed by atoms with van der Waals surface area (Å²) < 4.78 is 6.67. The maximum absolute atomic E-state index is 11.3. The highest BCUT2D eigenvalue weighted by Gasteiger charge is 2.16. The largest absolute Gasteiger partial charge is 0.478 e. The fourth-order valence-electron chi connectivity index (χ4n) is 2.93. The molecule has 0 atom stereocenters. The minimum atomic E-state index is -0.963. The lowest BCUT2D eigenvalue weighted by molar-refractivity contribution is 0.0695. The second-order valence-electron chi connectivity index (χ2n) is 5.95. The van der Waals surface area contributed by atoms with E-state index in [-0.39, 0.29) is 5.56 Å². The normalized spacial score (nSPS) is 14.3. The van der Waals surface area contributed by atoms with Crippen LogP contribution in [0.2, 0.25) is 0 Å². The van der Waals surface area contributed by atoms with Crippen LogP contribution in [0.25, 0.3) is 0 Å². The fraction of sp³-hybridized carbons (Fsp3) is 0.471. The van der Waals surface area contributed by atoms with Crippen molar-refractivity contribution < 1.29 is 14.6 Å². The Morgan fingerprint density at radius 3 is 2.75 bits per heavy atom. The summed E-state index contributed by atoms with van der Waals surface area (Å²) in [5.74, 6) is 0.0404. The van der Waals surface area contributed by atoms with E-state index in [9.17, 15) is 9.90 Å². The number of ether oxygens (including phenoxy) is 1. The SMILES string of the molecule is COCCc1nn(Cc2ccc(N3CCCC3)nc2)cc1C(=O)O. The second-order valence-corrected chi connectivity index (χ2v) is 5.95. The molecular formula is C17H22N4O3. The number of aromatic nitrogens is 3. The Balaban J connectivity index is 1.71. The molecule has 24 heavy (non-hydrogen) atoms. The lowest BCUT2D eigenvalue weighted by atomic mass is 10.2. The lowest BCUT2D eigenvalue weighted by Gasteiger charge is -2.16. The molecule has 1 aliphatic rings. The van der Waals surface area contributed by atoms with Crippen LogP contribution in [-0.4, -0.2) is 52.6 Å². The van der Waals surface area contributed by atoms with Gasteiger partial charge in [-0.1, -0.05) is 6.07 Å². The summed E-state index contributed by atoms with van der Waals surface area (Å²) in [5.41, 5.74) is 1.77. The molecule has 0 radical (unpaired) electrons. The van der Waals surface area contributed by atoms with Crippen LogP contribution >= 0.6 is 0 Å². The molecule has 3 rings (SSSR count). The van der Waals surface area contributed by atoms with Crippen molar-refractivity contribution in [1.82, 2.24) is 14.8 Å². The molecule has 0 bridgehead atoms. The molecule has 128 valence electrons. The van der Waals surface area contributed by atoms with E-state index in [1.807, 2.05) is 18.3 Å². The Kier molecular flexibility index (Phi) is 5.10. The van der Waals surface area contributed by atoms with Crippen molar-refractivity contribution in [2.45, 2.75) is 25.8 Å². The van der Waals surface area contributed by atoms with Gasteiger partial charge in [-0.25, -0.2) is 9.78 Å². The number of carboxylic acid groups (broad SMARTS) is 1. The Morgan fingerprint density at radius 2 is 2.12 bits per heavy atom. The summed E-state index contributed by atoms with van der Waals surface area (Å²) in [6, 6.07) is 4.05. The van der Waals surface area contributed by atoms with E-state index >= 15 is 0 Å². The molecule has 7 heteroatoms. The van der Waals surface area contributed by atoms with Crippen molar-refractivity contribution in [3.05, 3.63) is 41.3 Å². The Hall–Kier alpha value is -2.41. The van der Waals surface area contributed by atoms with Gasteiger partial charge in [0.25, 0.3) is 0 Å². The van der Waals surface area contributed by atoms with Gasteiger partial charge >= 0.3 is 5.97 Å². The van der Waals surface area contributed by atoms with Gasteiger partial charge in [-0.05, 0) is 24.5 Å². The van der Waals surface area contributed by atoms with Crippen LogP contribution in [0.3, 0.4) is 0 Å². The third-order valence-corrected chi connectivity index (χ3v) is 4.20. The van der Waals surface area contributed by atoms with Crippen molar-refractivity contribution >= 4 is 11.8 Å². The molecular weight excluding hydrogens is 308 g/mol. The van der Waals surface area contributed by atoms with Crippen LogP contribution < -0.4 is 4.90 Å². The summed E-state index contributed by atoms with van der Waals surface area (Å²) in [5, 5.41) is 13.7. The van der Waals surface area contributed by atoms with E-state index in [0.29, 0.717) is 25.3 Å². The lowest BCUT2D eigenvalue weighted by Crippen LogP contribution is -2.18. The van der Waals surface area contributed by atoms with Crippen LogP contribution in [0.1, 0.15) is 34.5 Å². The number of rotatable bonds is 7. The number of hydrogen-bond donors (Lipinski definition) is 1. The van der Waals surface area contributed by atoms with Gasteiger partial charge in [0.05, 0.1) is 18.8 Å². The number of carboxylic acids is 1. The predicted molar refractivity (Wildman–Crippen MR) is 89.6 cm³/mol. The molecule has 0 saturated carbocycles. The highest BCUT2D eigenvalue weighted by atomic mass is 16.5. The summed E-state index contributed by atoms with van der Waals surface area (Å²) in [6.07, 6.45) is 6.33. The van der Waals surface area contributed by atoms with E-state index in [1.54, 1.807) is 18.0 Å².